The molecule has 0 radical (unpaired) electrons. The average molecular weight is 242 g/mol. The average Bonchev–Trinajstić information content (AvgIpc) is 2.41. The molecule has 0 saturated carbocycles. The van der Waals surface area contributed by atoms with Crippen molar-refractivity contribution >= 4 is 9.24 Å². The van der Waals surface area contributed by atoms with E-state index in [-0.39, 0.29) is 5.16 Å². The minimum Gasteiger partial charge on any atom is -0.122 e. The van der Waals surface area contributed by atoms with Gasteiger partial charge in [0.1, 0.15) is 0 Å². The molecule has 0 spiro atoms. The summed E-state index contributed by atoms with van der Waals surface area (Å²) < 4.78 is 0. The molecule has 1 heteroatoms. The third-order valence-electron chi connectivity index (χ3n) is 3.22. The Morgan fingerprint density at radius 2 is 1.24 bits per heavy atom. The van der Waals surface area contributed by atoms with Gasteiger partial charge in [-0.3, -0.25) is 0 Å². The molecule has 0 saturated heterocycles. The van der Waals surface area contributed by atoms with Gasteiger partial charge in [-0.25, -0.2) is 0 Å². The number of benzene rings is 2. The molecule has 0 aliphatic carbocycles. The van der Waals surface area contributed by atoms with Gasteiger partial charge in [0.05, 0.1) is 0 Å². The second kappa shape index (κ2) is 5.47. The molecule has 0 heterocycles. The van der Waals surface area contributed by atoms with E-state index in [9.17, 15) is 0 Å². The first kappa shape index (κ1) is 12.3. The fourth-order valence-corrected chi connectivity index (χ4v) is 2.99. The molecule has 2 aromatic rings. The van der Waals surface area contributed by atoms with E-state index in [4.69, 9.17) is 0 Å². The van der Waals surface area contributed by atoms with E-state index in [2.05, 4.69) is 76.8 Å². The molecule has 88 valence electrons. The van der Waals surface area contributed by atoms with E-state index >= 15 is 0 Å². The van der Waals surface area contributed by atoms with Crippen LogP contribution in [0.2, 0.25) is 0 Å². The summed E-state index contributed by atoms with van der Waals surface area (Å²) in [7, 11) is 3.07. The molecule has 0 amide bonds. The SMILES string of the molecule is CCCC(P)(c1ccccc1)c1ccccc1. The summed E-state index contributed by atoms with van der Waals surface area (Å²) >= 11 is 0. The summed E-state index contributed by atoms with van der Waals surface area (Å²) in [5.41, 5.74) is 2.75. The highest BCUT2D eigenvalue weighted by Gasteiger charge is 2.27. The quantitative estimate of drug-likeness (QED) is 0.687. The van der Waals surface area contributed by atoms with Gasteiger partial charge in [-0.2, -0.15) is 0 Å². The molecule has 0 fully saturated rings. The second-order valence-corrected chi connectivity index (χ2v) is 5.44. The van der Waals surface area contributed by atoms with Gasteiger partial charge in [-0.05, 0) is 17.5 Å². The van der Waals surface area contributed by atoms with Gasteiger partial charge in [0.15, 0.2) is 0 Å². The Labute approximate surface area is 106 Å². The van der Waals surface area contributed by atoms with Gasteiger partial charge in [0.25, 0.3) is 0 Å². The van der Waals surface area contributed by atoms with Crippen LogP contribution in [0.15, 0.2) is 60.7 Å². The van der Waals surface area contributed by atoms with Gasteiger partial charge in [-0.1, -0.05) is 74.0 Å². The third kappa shape index (κ3) is 2.58. The van der Waals surface area contributed by atoms with Gasteiger partial charge in [-0.15, -0.1) is 9.24 Å². The molecular weight excluding hydrogens is 223 g/mol. The normalized spacial score (nSPS) is 11.4. The van der Waals surface area contributed by atoms with Crippen molar-refractivity contribution in [2.75, 3.05) is 0 Å². The van der Waals surface area contributed by atoms with Crippen LogP contribution in [-0.4, -0.2) is 0 Å². The van der Waals surface area contributed by atoms with Crippen molar-refractivity contribution in [1.29, 1.82) is 0 Å². The van der Waals surface area contributed by atoms with E-state index < -0.39 is 0 Å². The molecule has 1 unspecified atom stereocenters. The first-order valence-electron chi connectivity index (χ1n) is 6.17. The van der Waals surface area contributed by atoms with E-state index in [1.165, 1.54) is 17.5 Å². The predicted octanol–water partition coefficient (Wildman–Crippen LogP) is 4.61. The Bertz CT molecular complexity index is 408. The van der Waals surface area contributed by atoms with Crippen LogP contribution in [0, 0.1) is 0 Å². The van der Waals surface area contributed by atoms with Crippen LogP contribution >= 0.6 is 9.24 Å². The van der Waals surface area contributed by atoms with Crippen molar-refractivity contribution < 1.29 is 0 Å². The van der Waals surface area contributed by atoms with Crippen molar-refractivity contribution in [3.63, 3.8) is 0 Å². The lowest BCUT2D eigenvalue weighted by Gasteiger charge is -2.30. The topological polar surface area (TPSA) is 0 Å². The molecule has 0 bridgehead atoms. The molecule has 0 aromatic heterocycles. The van der Waals surface area contributed by atoms with Crippen molar-refractivity contribution in [2.45, 2.75) is 24.9 Å². The molecule has 2 rings (SSSR count). The van der Waals surface area contributed by atoms with Gasteiger partial charge >= 0.3 is 0 Å². The van der Waals surface area contributed by atoms with Crippen LogP contribution < -0.4 is 0 Å². The maximum atomic E-state index is 3.07. The summed E-state index contributed by atoms with van der Waals surface area (Å²) in [6.45, 7) is 2.24. The van der Waals surface area contributed by atoms with Crippen molar-refractivity contribution in [3.8, 4) is 0 Å². The maximum absolute atomic E-state index is 3.07. The first-order valence-corrected chi connectivity index (χ1v) is 6.75. The zero-order chi connectivity index (χ0) is 12.1. The van der Waals surface area contributed by atoms with Crippen LogP contribution in [0.4, 0.5) is 0 Å². The Morgan fingerprint density at radius 1 is 0.824 bits per heavy atom. The molecule has 0 nitrogen and oxygen atoms in total. The lowest BCUT2D eigenvalue weighted by atomic mass is 9.86. The monoisotopic (exact) mass is 242 g/mol. The zero-order valence-corrected chi connectivity index (χ0v) is 11.4. The minimum atomic E-state index is 0.0528. The van der Waals surface area contributed by atoms with E-state index in [1.54, 1.807) is 0 Å². The number of hydrogen-bond acceptors (Lipinski definition) is 0. The fourth-order valence-electron chi connectivity index (χ4n) is 2.32. The summed E-state index contributed by atoms with van der Waals surface area (Å²) in [6.07, 6.45) is 2.32. The Hall–Kier alpha value is -1.13. The van der Waals surface area contributed by atoms with Gasteiger partial charge in [0, 0.05) is 5.16 Å². The van der Waals surface area contributed by atoms with E-state index in [0.717, 1.165) is 6.42 Å². The van der Waals surface area contributed by atoms with Crippen LogP contribution in [0.5, 0.6) is 0 Å². The van der Waals surface area contributed by atoms with Crippen LogP contribution in [-0.2, 0) is 5.16 Å². The maximum Gasteiger partial charge on any atom is 0.0344 e. The van der Waals surface area contributed by atoms with E-state index in [1.807, 2.05) is 0 Å². The second-order valence-electron chi connectivity index (χ2n) is 4.45. The summed E-state index contributed by atoms with van der Waals surface area (Å²) in [5, 5.41) is 0.0528. The Kier molecular flexibility index (Phi) is 3.97. The molecule has 0 aliphatic heterocycles. The lowest BCUT2D eigenvalue weighted by molar-refractivity contribution is 0.645. The van der Waals surface area contributed by atoms with Crippen molar-refractivity contribution in [1.82, 2.24) is 0 Å². The highest BCUT2D eigenvalue weighted by molar-refractivity contribution is 7.19. The molecular formula is C16H19P. The largest absolute Gasteiger partial charge is 0.122 e. The summed E-state index contributed by atoms with van der Waals surface area (Å²) in [6, 6.07) is 21.5. The van der Waals surface area contributed by atoms with Crippen LogP contribution in [0.25, 0.3) is 0 Å². The third-order valence-corrected chi connectivity index (χ3v) is 4.18. The molecule has 2 aromatic carbocycles. The smallest absolute Gasteiger partial charge is 0.0344 e. The zero-order valence-electron chi connectivity index (χ0n) is 10.3. The fraction of sp³-hybridized carbons (Fsp3) is 0.250. The number of hydrogen-bond donors (Lipinski definition) is 0. The molecule has 1 atom stereocenters. The van der Waals surface area contributed by atoms with Crippen molar-refractivity contribution in [2.24, 2.45) is 0 Å². The predicted molar refractivity (Wildman–Crippen MR) is 78.3 cm³/mol. The Balaban J connectivity index is 2.47. The highest BCUT2D eigenvalue weighted by Crippen LogP contribution is 2.42. The molecule has 0 aliphatic rings. The minimum absolute atomic E-state index is 0.0528. The molecule has 17 heavy (non-hydrogen) atoms. The van der Waals surface area contributed by atoms with E-state index in [0.29, 0.717) is 0 Å². The van der Waals surface area contributed by atoms with Crippen LogP contribution in [0.3, 0.4) is 0 Å². The number of rotatable bonds is 4. The molecule has 0 N–H and O–H groups in total. The highest BCUT2D eigenvalue weighted by atomic mass is 31.0. The van der Waals surface area contributed by atoms with Crippen LogP contribution in [0.1, 0.15) is 30.9 Å². The first-order chi connectivity index (χ1) is 8.27. The van der Waals surface area contributed by atoms with Gasteiger partial charge < -0.3 is 0 Å². The van der Waals surface area contributed by atoms with Crippen molar-refractivity contribution in [3.05, 3.63) is 71.8 Å². The Morgan fingerprint density at radius 3 is 1.59 bits per heavy atom. The standard InChI is InChI=1S/C16H19P/c1-2-13-16(17,14-9-5-3-6-10-14)15-11-7-4-8-12-15/h3-12H,2,13,17H2,1H3. The lowest BCUT2D eigenvalue weighted by Crippen LogP contribution is -2.19. The van der Waals surface area contributed by atoms with Gasteiger partial charge in [0.2, 0.25) is 0 Å². The summed E-state index contributed by atoms with van der Waals surface area (Å²) in [4.78, 5) is 0. The summed E-state index contributed by atoms with van der Waals surface area (Å²) in [5.74, 6) is 0.